The molecule has 1 aromatic rings. The molecular formula is C14H22N4. The summed E-state index contributed by atoms with van der Waals surface area (Å²) >= 11 is 0. The van der Waals surface area contributed by atoms with Gasteiger partial charge in [0.1, 0.15) is 11.6 Å². The topological polar surface area (TPSA) is 55.0 Å². The van der Waals surface area contributed by atoms with Crippen LogP contribution in [0.15, 0.2) is 6.07 Å². The number of anilines is 1. The molecule has 2 aliphatic rings. The summed E-state index contributed by atoms with van der Waals surface area (Å²) in [6.45, 7) is 5.27. The van der Waals surface area contributed by atoms with Crippen LogP contribution >= 0.6 is 0 Å². The van der Waals surface area contributed by atoms with Crippen molar-refractivity contribution in [2.24, 2.45) is 11.8 Å². The van der Waals surface area contributed by atoms with Crippen LogP contribution in [0.2, 0.25) is 0 Å². The second-order valence-corrected chi connectivity index (χ2v) is 5.93. The van der Waals surface area contributed by atoms with Gasteiger partial charge in [0.25, 0.3) is 0 Å². The van der Waals surface area contributed by atoms with E-state index in [0.29, 0.717) is 5.82 Å². The maximum Gasteiger partial charge on any atom is 0.144 e. The molecule has 2 aliphatic carbocycles. The summed E-state index contributed by atoms with van der Waals surface area (Å²) in [6, 6.07) is 1.83. The Morgan fingerprint density at radius 3 is 2.28 bits per heavy atom. The minimum Gasteiger partial charge on any atom is -0.384 e. The molecule has 4 heteroatoms. The molecule has 0 aliphatic heterocycles. The molecular weight excluding hydrogens is 224 g/mol. The first-order valence-corrected chi connectivity index (χ1v) is 7.01. The van der Waals surface area contributed by atoms with E-state index in [-0.39, 0.29) is 0 Å². The summed E-state index contributed by atoms with van der Waals surface area (Å²) in [7, 11) is 0. The Hall–Kier alpha value is -1.16. The third kappa shape index (κ3) is 3.42. The first-order chi connectivity index (χ1) is 8.69. The molecule has 18 heavy (non-hydrogen) atoms. The number of nitrogens with two attached hydrogens (primary N) is 1. The Morgan fingerprint density at radius 1 is 1.17 bits per heavy atom. The van der Waals surface area contributed by atoms with Crippen LogP contribution in [0.5, 0.6) is 0 Å². The van der Waals surface area contributed by atoms with Crippen LogP contribution < -0.4 is 5.73 Å². The van der Waals surface area contributed by atoms with Gasteiger partial charge in [0.2, 0.25) is 0 Å². The predicted octanol–water partition coefficient (Wildman–Crippen LogP) is 1.99. The van der Waals surface area contributed by atoms with Crippen LogP contribution in [-0.4, -0.2) is 28.0 Å². The van der Waals surface area contributed by atoms with Crippen molar-refractivity contribution >= 4 is 5.82 Å². The van der Waals surface area contributed by atoms with Gasteiger partial charge in [-0.25, -0.2) is 9.97 Å². The Kier molecular flexibility index (Phi) is 3.20. The summed E-state index contributed by atoms with van der Waals surface area (Å²) < 4.78 is 0. The fourth-order valence-corrected chi connectivity index (χ4v) is 2.46. The Labute approximate surface area is 109 Å². The molecule has 0 atom stereocenters. The highest BCUT2D eigenvalue weighted by Crippen LogP contribution is 2.34. The SMILES string of the molecule is Cc1cc(N)nc(CN(CC2CC2)CC2CC2)n1. The lowest BCUT2D eigenvalue weighted by Crippen LogP contribution is -2.29. The monoisotopic (exact) mass is 246 g/mol. The van der Waals surface area contributed by atoms with Crippen molar-refractivity contribution in [3.05, 3.63) is 17.6 Å². The number of nitrogen functional groups attached to an aromatic ring is 1. The predicted molar refractivity (Wildman–Crippen MR) is 71.9 cm³/mol. The molecule has 2 fully saturated rings. The third-order valence-electron chi connectivity index (χ3n) is 3.71. The lowest BCUT2D eigenvalue weighted by Gasteiger charge is -2.21. The van der Waals surface area contributed by atoms with Crippen molar-refractivity contribution in [1.82, 2.24) is 14.9 Å². The highest BCUT2D eigenvalue weighted by molar-refractivity contribution is 5.29. The zero-order valence-electron chi connectivity index (χ0n) is 11.1. The van der Waals surface area contributed by atoms with E-state index in [1.54, 1.807) is 0 Å². The van der Waals surface area contributed by atoms with Gasteiger partial charge in [-0.1, -0.05) is 0 Å². The Morgan fingerprint density at radius 2 is 1.78 bits per heavy atom. The first-order valence-electron chi connectivity index (χ1n) is 7.01. The molecule has 2 N–H and O–H groups in total. The third-order valence-corrected chi connectivity index (χ3v) is 3.71. The van der Waals surface area contributed by atoms with E-state index in [1.165, 1.54) is 38.8 Å². The molecule has 0 unspecified atom stereocenters. The van der Waals surface area contributed by atoms with Crippen LogP contribution in [-0.2, 0) is 6.54 Å². The van der Waals surface area contributed by atoms with Crippen LogP contribution in [0, 0.1) is 18.8 Å². The summed E-state index contributed by atoms with van der Waals surface area (Å²) in [5.41, 5.74) is 6.76. The van der Waals surface area contributed by atoms with Gasteiger partial charge in [0, 0.05) is 24.8 Å². The quantitative estimate of drug-likeness (QED) is 0.834. The van der Waals surface area contributed by atoms with Gasteiger partial charge in [-0.2, -0.15) is 0 Å². The van der Waals surface area contributed by atoms with Gasteiger partial charge in [0.15, 0.2) is 0 Å². The van der Waals surface area contributed by atoms with Gasteiger partial charge >= 0.3 is 0 Å². The summed E-state index contributed by atoms with van der Waals surface area (Å²) in [5, 5.41) is 0. The lowest BCUT2D eigenvalue weighted by atomic mass is 10.3. The van der Waals surface area contributed by atoms with E-state index in [0.717, 1.165) is 29.9 Å². The van der Waals surface area contributed by atoms with Gasteiger partial charge in [0.05, 0.1) is 6.54 Å². The zero-order chi connectivity index (χ0) is 12.5. The molecule has 0 saturated heterocycles. The molecule has 0 radical (unpaired) electrons. The van der Waals surface area contributed by atoms with Crippen molar-refractivity contribution in [1.29, 1.82) is 0 Å². The molecule has 1 heterocycles. The smallest absolute Gasteiger partial charge is 0.144 e. The van der Waals surface area contributed by atoms with Crippen molar-refractivity contribution in [2.45, 2.75) is 39.2 Å². The number of aromatic nitrogens is 2. The molecule has 0 aromatic carbocycles. The van der Waals surface area contributed by atoms with E-state index < -0.39 is 0 Å². The number of nitrogens with zero attached hydrogens (tertiary/aromatic N) is 3. The summed E-state index contributed by atoms with van der Waals surface area (Å²) in [5.74, 6) is 3.32. The highest BCUT2D eigenvalue weighted by Gasteiger charge is 2.29. The van der Waals surface area contributed by atoms with Gasteiger partial charge in [-0.05, 0) is 44.4 Å². The van der Waals surface area contributed by atoms with E-state index in [4.69, 9.17) is 5.73 Å². The van der Waals surface area contributed by atoms with Gasteiger partial charge in [-0.3, -0.25) is 4.90 Å². The molecule has 3 rings (SSSR count). The van der Waals surface area contributed by atoms with Crippen LogP contribution in [0.1, 0.15) is 37.2 Å². The normalized spacial score (nSPS) is 19.4. The maximum atomic E-state index is 5.79. The summed E-state index contributed by atoms with van der Waals surface area (Å²) in [4.78, 5) is 11.4. The standard InChI is InChI=1S/C14H22N4/c1-10-6-13(15)17-14(16-10)9-18(7-11-2-3-11)8-12-4-5-12/h6,11-12H,2-5,7-9H2,1H3,(H2,15,16,17). The van der Waals surface area contributed by atoms with E-state index in [2.05, 4.69) is 14.9 Å². The Bertz CT molecular complexity index is 390. The maximum absolute atomic E-state index is 5.79. The first kappa shape index (κ1) is 11.9. The van der Waals surface area contributed by atoms with E-state index >= 15 is 0 Å². The van der Waals surface area contributed by atoms with Crippen LogP contribution in [0.4, 0.5) is 5.82 Å². The molecule has 0 amide bonds. The fourth-order valence-electron chi connectivity index (χ4n) is 2.46. The fraction of sp³-hybridized carbons (Fsp3) is 0.714. The summed E-state index contributed by atoms with van der Waals surface area (Å²) in [6.07, 6.45) is 5.60. The minimum atomic E-state index is 0.593. The van der Waals surface area contributed by atoms with Crippen molar-refractivity contribution in [3.8, 4) is 0 Å². The molecule has 0 bridgehead atoms. The molecule has 2 saturated carbocycles. The lowest BCUT2D eigenvalue weighted by molar-refractivity contribution is 0.238. The number of hydrogen-bond donors (Lipinski definition) is 1. The second kappa shape index (κ2) is 4.84. The van der Waals surface area contributed by atoms with E-state index in [1.807, 2.05) is 13.0 Å². The van der Waals surface area contributed by atoms with E-state index in [9.17, 15) is 0 Å². The molecule has 0 spiro atoms. The zero-order valence-corrected chi connectivity index (χ0v) is 11.1. The number of rotatable bonds is 6. The molecule has 4 nitrogen and oxygen atoms in total. The second-order valence-electron chi connectivity index (χ2n) is 5.93. The van der Waals surface area contributed by atoms with Crippen molar-refractivity contribution in [2.75, 3.05) is 18.8 Å². The molecule has 98 valence electrons. The number of hydrogen-bond acceptors (Lipinski definition) is 4. The van der Waals surface area contributed by atoms with Crippen molar-refractivity contribution in [3.63, 3.8) is 0 Å². The largest absolute Gasteiger partial charge is 0.384 e. The number of aryl methyl sites for hydroxylation is 1. The van der Waals surface area contributed by atoms with Gasteiger partial charge in [-0.15, -0.1) is 0 Å². The average Bonchev–Trinajstić information content (AvgIpc) is 3.11. The van der Waals surface area contributed by atoms with Crippen LogP contribution in [0.3, 0.4) is 0 Å². The Balaban J connectivity index is 1.65. The average molecular weight is 246 g/mol. The molecule has 1 aromatic heterocycles. The van der Waals surface area contributed by atoms with Crippen molar-refractivity contribution < 1.29 is 0 Å². The van der Waals surface area contributed by atoms with Gasteiger partial charge < -0.3 is 5.73 Å². The van der Waals surface area contributed by atoms with Crippen LogP contribution in [0.25, 0.3) is 0 Å². The highest BCUT2D eigenvalue weighted by atomic mass is 15.2. The minimum absolute atomic E-state index is 0.593.